The van der Waals surface area contributed by atoms with Crippen LogP contribution in [0.25, 0.3) is 0 Å². The molecule has 0 radical (unpaired) electrons. The number of para-hydroxylation sites is 1. The van der Waals surface area contributed by atoms with E-state index in [0.717, 1.165) is 24.2 Å². The first-order valence-electron chi connectivity index (χ1n) is 6.39. The molecule has 2 aromatic rings. The molecule has 3 rings (SSSR count). The molecule has 0 amide bonds. The first-order valence-corrected chi connectivity index (χ1v) is 6.39. The first kappa shape index (κ1) is 11.8. The number of hydrogen-bond acceptors (Lipinski definition) is 2. The smallest absolute Gasteiger partial charge is 0.331 e. The van der Waals surface area contributed by atoms with E-state index in [0.29, 0.717) is 0 Å². The second kappa shape index (κ2) is 4.76. The Bertz CT molecular complexity index is 595. The summed E-state index contributed by atoms with van der Waals surface area (Å²) in [6.07, 6.45) is 0.910. The van der Waals surface area contributed by atoms with Crippen LogP contribution >= 0.6 is 0 Å². The molecule has 0 aromatic heterocycles. The third-order valence-electron chi connectivity index (χ3n) is 3.58. The van der Waals surface area contributed by atoms with E-state index >= 15 is 0 Å². The number of aliphatic carboxylic acids is 1. The van der Waals surface area contributed by atoms with Crippen molar-refractivity contribution in [3.8, 4) is 0 Å². The van der Waals surface area contributed by atoms with E-state index in [1.54, 1.807) is 0 Å². The van der Waals surface area contributed by atoms with Crippen molar-refractivity contribution in [2.45, 2.75) is 12.5 Å². The van der Waals surface area contributed by atoms with Gasteiger partial charge >= 0.3 is 5.97 Å². The summed E-state index contributed by atoms with van der Waals surface area (Å²) in [7, 11) is 0. The monoisotopic (exact) mass is 253 g/mol. The largest absolute Gasteiger partial charge is 0.479 e. The second-order valence-electron chi connectivity index (χ2n) is 4.72. The predicted octanol–water partition coefficient (Wildman–Crippen LogP) is 2.88. The molecule has 1 aliphatic rings. The first-order chi connectivity index (χ1) is 9.27. The maximum Gasteiger partial charge on any atom is 0.331 e. The molecule has 1 heterocycles. The summed E-state index contributed by atoms with van der Waals surface area (Å²) in [5.41, 5.74) is 3.09. The highest BCUT2D eigenvalue weighted by molar-refractivity contribution is 5.81. The molecular weight excluding hydrogens is 238 g/mol. The van der Waals surface area contributed by atoms with E-state index in [4.69, 9.17) is 0 Å². The summed E-state index contributed by atoms with van der Waals surface area (Å²) in [6.45, 7) is 0.755. The quantitative estimate of drug-likeness (QED) is 0.914. The van der Waals surface area contributed by atoms with E-state index < -0.39 is 12.0 Å². The van der Waals surface area contributed by atoms with Gasteiger partial charge in [-0.3, -0.25) is 0 Å². The van der Waals surface area contributed by atoms with Crippen LogP contribution in [0.3, 0.4) is 0 Å². The van der Waals surface area contributed by atoms with Gasteiger partial charge in [-0.2, -0.15) is 0 Å². The van der Waals surface area contributed by atoms with Crippen LogP contribution < -0.4 is 4.90 Å². The minimum Gasteiger partial charge on any atom is -0.479 e. The lowest BCUT2D eigenvalue weighted by Gasteiger charge is -2.27. The maximum absolute atomic E-state index is 11.7. The highest BCUT2D eigenvalue weighted by Crippen LogP contribution is 2.35. The van der Waals surface area contributed by atoms with Crippen LogP contribution in [0.5, 0.6) is 0 Å². The second-order valence-corrected chi connectivity index (χ2v) is 4.72. The zero-order chi connectivity index (χ0) is 13.2. The fourth-order valence-electron chi connectivity index (χ4n) is 2.72. The molecule has 0 bridgehead atoms. The van der Waals surface area contributed by atoms with E-state index in [1.165, 1.54) is 5.56 Å². The van der Waals surface area contributed by atoms with Gasteiger partial charge < -0.3 is 10.0 Å². The molecule has 1 aliphatic heterocycles. The minimum atomic E-state index is -0.803. The molecule has 0 saturated carbocycles. The Labute approximate surface area is 112 Å². The maximum atomic E-state index is 11.7. The third kappa shape index (κ3) is 2.08. The molecule has 0 saturated heterocycles. The van der Waals surface area contributed by atoms with Gasteiger partial charge in [-0.05, 0) is 23.6 Å². The highest BCUT2D eigenvalue weighted by atomic mass is 16.4. The summed E-state index contributed by atoms with van der Waals surface area (Å²) in [5.74, 6) is -0.803. The number of benzene rings is 2. The van der Waals surface area contributed by atoms with Crippen molar-refractivity contribution in [3.63, 3.8) is 0 Å². The fourth-order valence-corrected chi connectivity index (χ4v) is 2.72. The Morgan fingerprint density at radius 3 is 2.47 bits per heavy atom. The van der Waals surface area contributed by atoms with Crippen molar-refractivity contribution in [3.05, 3.63) is 65.7 Å². The van der Waals surface area contributed by atoms with Gasteiger partial charge in [0.25, 0.3) is 0 Å². The van der Waals surface area contributed by atoms with E-state index in [2.05, 4.69) is 6.07 Å². The molecule has 2 aromatic carbocycles. The fraction of sp³-hybridized carbons (Fsp3) is 0.188. The Hall–Kier alpha value is -2.29. The number of rotatable bonds is 3. The molecule has 0 aliphatic carbocycles. The van der Waals surface area contributed by atoms with Crippen molar-refractivity contribution in [2.24, 2.45) is 0 Å². The topological polar surface area (TPSA) is 40.5 Å². The van der Waals surface area contributed by atoms with Gasteiger partial charge in [0.1, 0.15) is 0 Å². The van der Waals surface area contributed by atoms with Crippen LogP contribution in [-0.4, -0.2) is 17.6 Å². The van der Waals surface area contributed by atoms with Crippen LogP contribution in [0, 0.1) is 0 Å². The molecule has 1 N–H and O–H groups in total. The molecule has 0 spiro atoms. The predicted molar refractivity (Wildman–Crippen MR) is 74.3 cm³/mol. The van der Waals surface area contributed by atoms with Gasteiger partial charge in [0.2, 0.25) is 0 Å². The minimum absolute atomic E-state index is 0.607. The van der Waals surface area contributed by atoms with E-state index in [9.17, 15) is 9.90 Å². The zero-order valence-electron chi connectivity index (χ0n) is 10.5. The summed E-state index contributed by atoms with van der Waals surface area (Å²) in [4.78, 5) is 13.6. The number of fused-ring (bicyclic) bond motifs is 1. The summed E-state index contributed by atoms with van der Waals surface area (Å²) >= 11 is 0. The molecule has 96 valence electrons. The van der Waals surface area contributed by atoms with Crippen LogP contribution in [0.4, 0.5) is 5.69 Å². The Morgan fingerprint density at radius 1 is 1.05 bits per heavy atom. The third-order valence-corrected chi connectivity index (χ3v) is 3.58. The average Bonchev–Trinajstić information content (AvgIpc) is 2.84. The van der Waals surface area contributed by atoms with Gasteiger partial charge in [0.15, 0.2) is 6.04 Å². The van der Waals surface area contributed by atoms with Crippen molar-refractivity contribution in [1.29, 1.82) is 0 Å². The van der Waals surface area contributed by atoms with Gasteiger partial charge in [0.05, 0.1) is 0 Å². The zero-order valence-corrected chi connectivity index (χ0v) is 10.5. The number of nitrogens with zero attached hydrogens (tertiary/aromatic N) is 1. The Morgan fingerprint density at radius 2 is 1.74 bits per heavy atom. The van der Waals surface area contributed by atoms with Crippen LogP contribution in [0.15, 0.2) is 54.6 Å². The SMILES string of the molecule is O=C(O)[C@@H](c1ccccc1)N1CCc2ccccc21. The van der Waals surface area contributed by atoms with Crippen molar-refractivity contribution in [1.82, 2.24) is 0 Å². The van der Waals surface area contributed by atoms with Crippen molar-refractivity contribution < 1.29 is 9.90 Å². The van der Waals surface area contributed by atoms with Crippen LogP contribution in [0.2, 0.25) is 0 Å². The molecule has 0 unspecified atom stereocenters. The lowest BCUT2D eigenvalue weighted by molar-refractivity contribution is -0.138. The van der Waals surface area contributed by atoms with Crippen LogP contribution in [0.1, 0.15) is 17.2 Å². The van der Waals surface area contributed by atoms with Gasteiger partial charge in [0, 0.05) is 12.2 Å². The highest BCUT2D eigenvalue weighted by Gasteiger charge is 2.31. The van der Waals surface area contributed by atoms with E-state index in [1.807, 2.05) is 53.4 Å². The molecule has 3 nitrogen and oxygen atoms in total. The number of anilines is 1. The Balaban J connectivity index is 2.02. The summed E-state index contributed by atoms with van der Waals surface area (Å²) < 4.78 is 0. The van der Waals surface area contributed by atoms with Gasteiger partial charge in [-0.15, -0.1) is 0 Å². The number of carbonyl (C=O) groups is 1. The van der Waals surface area contributed by atoms with Gasteiger partial charge in [-0.25, -0.2) is 4.79 Å². The van der Waals surface area contributed by atoms with Crippen LogP contribution in [-0.2, 0) is 11.2 Å². The number of carboxylic acid groups (broad SMARTS) is 1. The number of hydrogen-bond donors (Lipinski definition) is 1. The van der Waals surface area contributed by atoms with Crippen molar-refractivity contribution in [2.75, 3.05) is 11.4 Å². The molecular formula is C16H15NO2. The number of carboxylic acids is 1. The van der Waals surface area contributed by atoms with Crippen molar-refractivity contribution >= 4 is 11.7 Å². The lowest BCUT2D eigenvalue weighted by Crippen LogP contribution is -2.32. The van der Waals surface area contributed by atoms with Gasteiger partial charge in [-0.1, -0.05) is 48.5 Å². The molecule has 3 heteroatoms. The standard InChI is InChI=1S/C16H15NO2/c18-16(19)15(13-7-2-1-3-8-13)17-11-10-12-6-4-5-9-14(12)17/h1-9,15H,10-11H2,(H,18,19)/t15-/m1/s1. The summed E-state index contributed by atoms with van der Waals surface area (Å²) in [6, 6.07) is 16.8. The Kier molecular flexibility index (Phi) is 2.95. The van der Waals surface area contributed by atoms with E-state index in [-0.39, 0.29) is 0 Å². The molecule has 19 heavy (non-hydrogen) atoms. The average molecular weight is 253 g/mol. The lowest BCUT2D eigenvalue weighted by atomic mass is 10.1. The summed E-state index contributed by atoms with van der Waals surface area (Å²) in [5, 5.41) is 9.57. The normalized spacial score (nSPS) is 15.1. The molecule has 0 fully saturated rings. The molecule has 1 atom stereocenters.